The third kappa shape index (κ3) is 4.13. The SMILES string of the molecule is CC(C)(C)c1ccccc1Nc1ncc(C(=O)Nc2ccc3c(c2)OCO3)cn1. The van der Waals surface area contributed by atoms with E-state index in [0.29, 0.717) is 28.7 Å². The number of anilines is 3. The number of hydrogen-bond donors (Lipinski definition) is 2. The first-order chi connectivity index (χ1) is 13.9. The molecule has 1 aliphatic heterocycles. The highest BCUT2D eigenvalue weighted by molar-refractivity contribution is 6.04. The van der Waals surface area contributed by atoms with Crippen LogP contribution in [0.15, 0.2) is 54.9 Å². The number of aromatic nitrogens is 2. The maximum Gasteiger partial charge on any atom is 0.258 e. The first kappa shape index (κ1) is 18.7. The van der Waals surface area contributed by atoms with Crippen molar-refractivity contribution in [3.63, 3.8) is 0 Å². The van der Waals surface area contributed by atoms with Crippen LogP contribution in [0.2, 0.25) is 0 Å². The van der Waals surface area contributed by atoms with Crippen molar-refractivity contribution in [2.45, 2.75) is 26.2 Å². The van der Waals surface area contributed by atoms with E-state index < -0.39 is 0 Å². The third-order valence-electron chi connectivity index (χ3n) is 4.53. The molecule has 0 bridgehead atoms. The van der Waals surface area contributed by atoms with Crippen molar-refractivity contribution in [3.05, 3.63) is 66.0 Å². The van der Waals surface area contributed by atoms with Crippen LogP contribution in [0.3, 0.4) is 0 Å². The van der Waals surface area contributed by atoms with Gasteiger partial charge in [0.1, 0.15) is 0 Å². The molecule has 0 aliphatic carbocycles. The summed E-state index contributed by atoms with van der Waals surface area (Å²) >= 11 is 0. The first-order valence-corrected chi connectivity index (χ1v) is 9.30. The maximum atomic E-state index is 12.5. The molecule has 1 amide bonds. The maximum absolute atomic E-state index is 12.5. The molecule has 29 heavy (non-hydrogen) atoms. The minimum Gasteiger partial charge on any atom is -0.454 e. The normalized spacial score (nSPS) is 12.5. The van der Waals surface area contributed by atoms with Crippen molar-refractivity contribution >= 4 is 23.2 Å². The van der Waals surface area contributed by atoms with Gasteiger partial charge in [-0.1, -0.05) is 39.0 Å². The molecule has 148 valence electrons. The molecule has 0 saturated carbocycles. The summed E-state index contributed by atoms with van der Waals surface area (Å²) in [6.45, 7) is 6.64. The number of carbonyl (C=O) groups is 1. The number of nitrogens with zero attached hydrogens (tertiary/aromatic N) is 2. The lowest BCUT2D eigenvalue weighted by Gasteiger charge is -2.22. The highest BCUT2D eigenvalue weighted by Crippen LogP contribution is 2.34. The van der Waals surface area contributed by atoms with Gasteiger partial charge in [-0.2, -0.15) is 0 Å². The number of ether oxygens (including phenoxy) is 2. The van der Waals surface area contributed by atoms with Gasteiger partial charge in [0.15, 0.2) is 11.5 Å². The molecule has 7 heteroatoms. The van der Waals surface area contributed by atoms with Crippen LogP contribution in [0.25, 0.3) is 0 Å². The molecule has 2 aromatic carbocycles. The van der Waals surface area contributed by atoms with Gasteiger partial charge in [-0.05, 0) is 29.2 Å². The molecule has 0 fully saturated rings. The molecule has 0 unspecified atom stereocenters. The number of nitrogens with one attached hydrogen (secondary N) is 2. The Kier molecular flexibility index (Phi) is 4.80. The monoisotopic (exact) mass is 390 g/mol. The molecule has 2 heterocycles. The van der Waals surface area contributed by atoms with Crippen molar-refractivity contribution in [2.75, 3.05) is 17.4 Å². The van der Waals surface area contributed by atoms with Gasteiger partial charge in [-0.3, -0.25) is 4.79 Å². The second kappa shape index (κ2) is 7.43. The summed E-state index contributed by atoms with van der Waals surface area (Å²) in [6.07, 6.45) is 2.99. The van der Waals surface area contributed by atoms with E-state index in [0.717, 1.165) is 11.3 Å². The topological polar surface area (TPSA) is 85.4 Å². The predicted octanol–water partition coefficient (Wildman–Crippen LogP) is 4.50. The van der Waals surface area contributed by atoms with Gasteiger partial charge in [-0.25, -0.2) is 9.97 Å². The summed E-state index contributed by atoms with van der Waals surface area (Å²) in [6, 6.07) is 13.3. The Bertz CT molecular complexity index is 1040. The Morgan fingerprint density at radius 1 is 1.00 bits per heavy atom. The molecule has 2 N–H and O–H groups in total. The van der Waals surface area contributed by atoms with E-state index in [1.165, 1.54) is 12.4 Å². The Balaban J connectivity index is 1.46. The number of hydrogen-bond acceptors (Lipinski definition) is 6. The van der Waals surface area contributed by atoms with Gasteiger partial charge in [-0.15, -0.1) is 0 Å². The highest BCUT2D eigenvalue weighted by atomic mass is 16.7. The van der Waals surface area contributed by atoms with Gasteiger partial charge in [0.05, 0.1) is 5.56 Å². The molecule has 7 nitrogen and oxygen atoms in total. The molecular weight excluding hydrogens is 368 g/mol. The number of para-hydroxylation sites is 1. The second-order valence-electron chi connectivity index (χ2n) is 7.74. The minimum absolute atomic E-state index is 0.0198. The van der Waals surface area contributed by atoms with Gasteiger partial charge in [0.25, 0.3) is 5.91 Å². The third-order valence-corrected chi connectivity index (χ3v) is 4.53. The average Bonchev–Trinajstić information content (AvgIpc) is 3.16. The number of amides is 1. The van der Waals surface area contributed by atoms with Crippen molar-refractivity contribution in [2.24, 2.45) is 0 Å². The number of carbonyl (C=O) groups excluding carboxylic acids is 1. The molecule has 0 spiro atoms. The fourth-order valence-electron chi connectivity index (χ4n) is 3.05. The summed E-state index contributed by atoms with van der Waals surface area (Å²) in [5.41, 5.74) is 3.05. The number of rotatable bonds is 4. The lowest BCUT2D eigenvalue weighted by atomic mass is 9.86. The van der Waals surface area contributed by atoms with E-state index in [9.17, 15) is 4.79 Å². The van der Waals surface area contributed by atoms with Gasteiger partial charge < -0.3 is 20.1 Å². The standard InChI is InChI=1S/C22H22N4O3/c1-22(2,3)16-6-4-5-7-17(16)26-21-23-11-14(12-24-21)20(27)25-15-8-9-18-19(10-15)29-13-28-18/h4-12H,13H2,1-3H3,(H,25,27)(H,23,24,26). The van der Waals surface area contributed by atoms with E-state index in [2.05, 4.69) is 47.4 Å². The molecule has 0 radical (unpaired) electrons. The lowest BCUT2D eigenvalue weighted by Crippen LogP contribution is -2.15. The average molecular weight is 390 g/mol. The van der Waals surface area contributed by atoms with Crippen molar-refractivity contribution in [1.29, 1.82) is 0 Å². The van der Waals surface area contributed by atoms with Crippen LogP contribution in [-0.2, 0) is 5.41 Å². The Morgan fingerprint density at radius 3 is 2.48 bits per heavy atom. The molecule has 0 saturated heterocycles. The highest BCUT2D eigenvalue weighted by Gasteiger charge is 2.18. The van der Waals surface area contributed by atoms with Crippen LogP contribution in [0.4, 0.5) is 17.3 Å². The Morgan fingerprint density at radius 2 is 1.72 bits per heavy atom. The number of benzene rings is 2. The van der Waals surface area contributed by atoms with Crippen molar-refractivity contribution < 1.29 is 14.3 Å². The Hall–Kier alpha value is -3.61. The van der Waals surface area contributed by atoms with E-state index in [1.54, 1.807) is 18.2 Å². The molecule has 4 rings (SSSR count). The lowest BCUT2D eigenvalue weighted by molar-refractivity contribution is 0.102. The quantitative estimate of drug-likeness (QED) is 0.682. The molecule has 3 aromatic rings. The van der Waals surface area contributed by atoms with Crippen LogP contribution in [0.5, 0.6) is 11.5 Å². The van der Waals surface area contributed by atoms with Crippen LogP contribution in [0.1, 0.15) is 36.7 Å². The Labute approximate surface area is 169 Å². The van der Waals surface area contributed by atoms with Crippen LogP contribution in [0, 0.1) is 0 Å². The van der Waals surface area contributed by atoms with Gasteiger partial charge in [0.2, 0.25) is 12.7 Å². The minimum atomic E-state index is -0.300. The van der Waals surface area contributed by atoms with Crippen LogP contribution >= 0.6 is 0 Å². The van der Waals surface area contributed by atoms with Crippen LogP contribution < -0.4 is 20.1 Å². The first-order valence-electron chi connectivity index (χ1n) is 9.30. The number of fused-ring (bicyclic) bond motifs is 1. The van der Waals surface area contributed by atoms with Gasteiger partial charge in [0, 0.05) is 29.8 Å². The summed E-state index contributed by atoms with van der Waals surface area (Å²) in [5, 5.41) is 6.05. The summed E-state index contributed by atoms with van der Waals surface area (Å²) in [5.74, 6) is 1.40. The summed E-state index contributed by atoms with van der Waals surface area (Å²) in [4.78, 5) is 21.1. The fraction of sp³-hybridized carbons (Fsp3) is 0.227. The second-order valence-corrected chi connectivity index (χ2v) is 7.74. The molecule has 0 atom stereocenters. The predicted molar refractivity (Wildman–Crippen MR) is 111 cm³/mol. The molecule has 1 aliphatic rings. The van der Waals surface area contributed by atoms with E-state index in [1.807, 2.05) is 18.2 Å². The smallest absolute Gasteiger partial charge is 0.258 e. The van der Waals surface area contributed by atoms with Crippen molar-refractivity contribution in [3.8, 4) is 11.5 Å². The van der Waals surface area contributed by atoms with E-state index in [-0.39, 0.29) is 18.1 Å². The zero-order valence-electron chi connectivity index (χ0n) is 16.5. The molecule has 1 aromatic heterocycles. The zero-order valence-corrected chi connectivity index (χ0v) is 16.5. The fourth-order valence-corrected chi connectivity index (χ4v) is 3.05. The summed E-state index contributed by atoms with van der Waals surface area (Å²) in [7, 11) is 0. The van der Waals surface area contributed by atoms with E-state index >= 15 is 0 Å². The van der Waals surface area contributed by atoms with Crippen molar-refractivity contribution in [1.82, 2.24) is 9.97 Å². The van der Waals surface area contributed by atoms with Gasteiger partial charge >= 0.3 is 0 Å². The van der Waals surface area contributed by atoms with E-state index in [4.69, 9.17) is 9.47 Å². The van der Waals surface area contributed by atoms with Crippen LogP contribution in [-0.4, -0.2) is 22.7 Å². The summed E-state index contributed by atoms with van der Waals surface area (Å²) < 4.78 is 10.6. The molecular formula is C22H22N4O3. The zero-order chi connectivity index (χ0) is 20.4. The largest absolute Gasteiger partial charge is 0.454 e.